The quantitative estimate of drug-likeness (QED) is 0.879. The van der Waals surface area contributed by atoms with Crippen molar-refractivity contribution in [3.05, 3.63) is 30.3 Å². The molecule has 1 aliphatic heterocycles. The van der Waals surface area contributed by atoms with Crippen molar-refractivity contribution in [3.8, 4) is 0 Å². The van der Waals surface area contributed by atoms with Gasteiger partial charge in [0.1, 0.15) is 6.04 Å². The fourth-order valence-corrected chi connectivity index (χ4v) is 4.12. The number of benzene rings is 1. The highest BCUT2D eigenvalue weighted by molar-refractivity contribution is 7.92. The molecule has 1 saturated heterocycles. The lowest BCUT2D eigenvalue weighted by Crippen LogP contribution is -2.39. The lowest BCUT2D eigenvalue weighted by Gasteiger charge is -2.18. The maximum Gasteiger partial charge on any atom is 0.326 e. The van der Waals surface area contributed by atoms with Crippen molar-refractivity contribution in [2.45, 2.75) is 29.5 Å². The Morgan fingerprint density at radius 1 is 1.25 bits per heavy atom. The second-order valence-electron chi connectivity index (χ2n) is 4.74. The van der Waals surface area contributed by atoms with E-state index in [0.29, 0.717) is 0 Å². The van der Waals surface area contributed by atoms with E-state index in [1.165, 1.54) is 19.1 Å². The monoisotopic (exact) mass is 297 g/mol. The molecule has 1 N–H and O–H groups in total. The van der Waals surface area contributed by atoms with E-state index in [1.54, 1.807) is 18.2 Å². The third-order valence-corrected chi connectivity index (χ3v) is 5.61. The molecule has 1 fully saturated rings. The van der Waals surface area contributed by atoms with Crippen LogP contribution in [0.25, 0.3) is 0 Å². The molecule has 1 amide bonds. The van der Waals surface area contributed by atoms with Gasteiger partial charge in [0.25, 0.3) is 0 Å². The van der Waals surface area contributed by atoms with Crippen molar-refractivity contribution in [1.29, 1.82) is 0 Å². The molecule has 7 heteroatoms. The van der Waals surface area contributed by atoms with E-state index >= 15 is 0 Å². The molecule has 0 spiro atoms. The number of carboxylic acid groups (broad SMARTS) is 1. The van der Waals surface area contributed by atoms with Gasteiger partial charge in [-0.15, -0.1) is 0 Å². The summed E-state index contributed by atoms with van der Waals surface area (Å²) in [5.41, 5.74) is 0. The second-order valence-corrected chi connectivity index (χ2v) is 6.97. The van der Waals surface area contributed by atoms with Gasteiger partial charge in [-0.1, -0.05) is 18.2 Å². The number of carboxylic acids is 1. The topological polar surface area (TPSA) is 91.8 Å². The van der Waals surface area contributed by atoms with Crippen LogP contribution in [0.4, 0.5) is 0 Å². The average Bonchev–Trinajstić information content (AvgIpc) is 2.85. The first-order chi connectivity index (χ1) is 9.34. The Kier molecular flexibility index (Phi) is 3.80. The Hall–Kier alpha value is -1.89. The smallest absolute Gasteiger partial charge is 0.326 e. The van der Waals surface area contributed by atoms with Crippen LogP contribution in [0.1, 0.15) is 13.3 Å². The molecule has 0 saturated carbocycles. The summed E-state index contributed by atoms with van der Waals surface area (Å²) in [5, 5.41) is 8.22. The van der Waals surface area contributed by atoms with E-state index in [9.17, 15) is 18.0 Å². The zero-order valence-electron chi connectivity index (χ0n) is 10.9. The van der Waals surface area contributed by atoms with Crippen LogP contribution in [0, 0.1) is 0 Å². The summed E-state index contributed by atoms with van der Waals surface area (Å²) in [7, 11) is -3.63. The minimum absolute atomic E-state index is 0.0772. The van der Waals surface area contributed by atoms with Gasteiger partial charge in [0, 0.05) is 13.5 Å². The van der Waals surface area contributed by atoms with Gasteiger partial charge in [0.15, 0.2) is 9.84 Å². The summed E-state index contributed by atoms with van der Waals surface area (Å²) in [6, 6.07) is 6.80. The van der Waals surface area contributed by atoms with Crippen molar-refractivity contribution in [2.24, 2.45) is 0 Å². The summed E-state index contributed by atoms with van der Waals surface area (Å²) < 4.78 is 24.9. The van der Waals surface area contributed by atoms with E-state index < -0.39 is 33.0 Å². The predicted molar refractivity (Wildman–Crippen MR) is 70.8 cm³/mol. The van der Waals surface area contributed by atoms with E-state index in [0.717, 1.165) is 4.90 Å². The number of aliphatic carboxylic acids is 1. The van der Waals surface area contributed by atoms with Crippen molar-refractivity contribution < 1.29 is 23.1 Å². The Labute approximate surface area is 116 Å². The fourth-order valence-electron chi connectivity index (χ4n) is 2.41. The molecule has 2 atom stereocenters. The van der Waals surface area contributed by atoms with Crippen LogP contribution in [0.5, 0.6) is 0 Å². The minimum Gasteiger partial charge on any atom is -0.480 e. The van der Waals surface area contributed by atoms with Gasteiger partial charge in [-0.05, 0) is 18.6 Å². The Balaban J connectivity index is 2.32. The van der Waals surface area contributed by atoms with Gasteiger partial charge in [-0.25, -0.2) is 13.2 Å². The van der Waals surface area contributed by atoms with E-state index in [-0.39, 0.29) is 17.9 Å². The maximum absolute atomic E-state index is 12.4. The van der Waals surface area contributed by atoms with Crippen molar-refractivity contribution in [2.75, 3.05) is 6.54 Å². The zero-order chi connectivity index (χ0) is 14.9. The number of carbonyl (C=O) groups excluding carboxylic acids is 1. The third-order valence-electron chi connectivity index (χ3n) is 3.46. The molecule has 0 aromatic heterocycles. The SMILES string of the molecule is CC(=O)N1C[C@H](S(=O)(=O)c2ccccc2)C[C@H]1C(=O)O. The van der Waals surface area contributed by atoms with Gasteiger partial charge in [-0.2, -0.15) is 0 Å². The average molecular weight is 297 g/mol. The zero-order valence-corrected chi connectivity index (χ0v) is 11.7. The molecule has 0 aliphatic carbocycles. The van der Waals surface area contributed by atoms with E-state index in [4.69, 9.17) is 5.11 Å². The number of nitrogens with zero attached hydrogens (tertiary/aromatic N) is 1. The lowest BCUT2D eigenvalue weighted by atomic mass is 10.2. The Morgan fingerprint density at radius 2 is 1.85 bits per heavy atom. The van der Waals surface area contributed by atoms with Crippen molar-refractivity contribution >= 4 is 21.7 Å². The molecule has 6 nitrogen and oxygen atoms in total. The highest BCUT2D eigenvalue weighted by atomic mass is 32.2. The summed E-state index contributed by atoms with van der Waals surface area (Å²) in [6.07, 6.45) is -0.0772. The summed E-state index contributed by atoms with van der Waals surface area (Å²) in [6.45, 7) is 1.16. The van der Waals surface area contributed by atoms with Gasteiger partial charge in [-0.3, -0.25) is 4.79 Å². The van der Waals surface area contributed by atoms with Crippen LogP contribution in [-0.4, -0.2) is 48.1 Å². The molecule has 1 aliphatic rings. The van der Waals surface area contributed by atoms with Crippen LogP contribution in [-0.2, 0) is 19.4 Å². The van der Waals surface area contributed by atoms with Gasteiger partial charge >= 0.3 is 5.97 Å². The van der Waals surface area contributed by atoms with Crippen LogP contribution in [0.2, 0.25) is 0 Å². The highest BCUT2D eigenvalue weighted by Gasteiger charge is 2.44. The number of rotatable bonds is 3. The summed E-state index contributed by atoms with van der Waals surface area (Å²) >= 11 is 0. The first-order valence-electron chi connectivity index (χ1n) is 6.13. The molecule has 1 heterocycles. The van der Waals surface area contributed by atoms with Crippen LogP contribution in [0.3, 0.4) is 0 Å². The van der Waals surface area contributed by atoms with Crippen LogP contribution in [0.15, 0.2) is 35.2 Å². The minimum atomic E-state index is -3.63. The molecule has 1 aromatic rings. The maximum atomic E-state index is 12.4. The molecule has 20 heavy (non-hydrogen) atoms. The summed E-state index contributed by atoms with van der Waals surface area (Å²) in [4.78, 5) is 23.8. The summed E-state index contributed by atoms with van der Waals surface area (Å²) in [5.74, 6) is -1.60. The standard InChI is InChI=1S/C13H15NO5S/c1-9(15)14-8-11(7-12(14)13(16)17)20(18,19)10-5-3-2-4-6-10/h2-6,11-12H,7-8H2,1H3,(H,16,17)/t11-,12+/m1/s1. The molecule has 1 aromatic carbocycles. The van der Waals surface area contributed by atoms with Crippen molar-refractivity contribution in [1.82, 2.24) is 4.90 Å². The largest absolute Gasteiger partial charge is 0.480 e. The van der Waals surface area contributed by atoms with Crippen LogP contribution < -0.4 is 0 Å². The fraction of sp³-hybridized carbons (Fsp3) is 0.385. The Bertz CT molecular complexity index is 603. The number of hydrogen-bond donors (Lipinski definition) is 1. The predicted octanol–water partition coefficient (Wildman–Crippen LogP) is 0.534. The van der Waals surface area contributed by atoms with E-state index in [2.05, 4.69) is 0 Å². The van der Waals surface area contributed by atoms with Crippen LogP contribution >= 0.6 is 0 Å². The molecule has 108 valence electrons. The normalized spacial score (nSPS) is 22.8. The third kappa shape index (κ3) is 2.53. The molecule has 0 unspecified atom stereocenters. The molecule has 2 rings (SSSR count). The first-order valence-corrected chi connectivity index (χ1v) is 7.67. The number of amides is 1. The first kappa shape index (κ1) is 14.5. The lowest BCUT2D eigenvalue weighted by molar-refractivity contribution is -0.147. The van der Waals surface area contributed by atoms with Gasteiger partial charge < -0.3 is 10.0 Å². The molecular formula is C13H15NO5S. The van der Waals surface area contributed by atoms with Gasteiger partial charge in [0.2, 0.25) is 5.91 Å². The second kappa shape index (κ2) is 5.24. The Morgan fingerprint density at radius 3 is 2.30 bits per heavy atom. The number of likely N-dealkylation sites (tertiary alicyclic amines) is 1. The number of sulfone groups is 1. The molecule has 0 bridgehead atoms. The van der Waals surface area contributed by atoms with Crippen molar-refractivity contribution in [3.63, 3.8) is 0 Å². The van der Waals surface area contributed by atoms with E-state index in [1.807, 2.05) is 0 Å². The molecular weight excluding hydrogens is 282 g/mol. The number of carbonyl (C=O) groups is 2. The number of hydrogen-bond acceptors (Lipinski definition) is 4. The highest BCUT2D eigenvalue weighted by Crippen LogP contribution is 2.28. The van der Waals surface area contributed by atoms with Gasteiger partial charge in [0.05, 0.1) is 10.1 Å². The molecule has 0 radical (unpaired) electrons.